The Balaban J connectivity index is 1.47. The van der Waals surface area contributed by atoms with Gasteiger partial charge in [0, 0.05) is 18.7 Å². The van der Waals surface area contributed by atoms with Crippen molar-refractivity contribution in [1.29, 1.82) is 0 Å². The van der Waals surface area contributed by atoms with Gasteiger partial charge in [0.2, 0.25) is 5.91 Å². The van der Waals surface area contributed by atoms with E-state index in [1.165, 1.54) is 0 Å². The first-order valence-corrected chi connectivity index (χ1v) is 10.8. The normalized spacial score (nSPS) is 12.5. The Morgan fingerprint density at radius 1 is 1.06 bits per heavy atom. The van der Waals surface area contributed by atoms with E-state index < -0.39 is 6.04 Å². The second-order valence-corrected chi connectivity index (χ2v) is 8.97. The van der Waals surface area contributed by atoms with E-state index in [4.69, 9.17) is 0 Å². The molecular weight excluding hydrogens is 388 g/mol. The Morgan fingerprint density at radius 3 is 2.42 bits per heavy atom. The number of nitrogens with one attached hydrogen (secondary N) is 2. The minimum atomic E-state index is -0.606. The maximum absolute atomic E-state index is 12.5. The van der Waals surface area contributed by atoms with Gasteiger partial charge in [0.1, 0.15) is 11.9 Å². The van der Waals surface area contributed by atoms with E-state index in [2.05, 4.69) is 47.0 Å². The van der Waals surface area contributed by atoms with Crippen molar-refractivity contribution in [2.24, 2.45) is 0 Å². The monoisotopic (exact) mass is 420 g/mol. The number of carbonyl (C=O) groups is 2. The summed E-state index contributed by atoms with van der Waals surface area (Å²) in [4.78, 5) is 29.4. The van der Waals surface area contributed by atoms with Crippen molar-refractivity contribution in [3.8, 4) is 0 Å². The molecule has 0 aliphatic rings. The van der Waals surface area contributed by atoms with E-state index in [1.54, 1.807) is 19.1 Å². The second-order valence-electron chi connectivity index (χ2n) is 8.97. The van der Waals surface area contributed by atoms with E-state index in [1.807, 2.05) is 37.3 Å². The van der Waals surface area contributed by atoms with Crippen LogP contribution in [0.5, 0.6) is 0 Å². The zero-order chi connectivity index (χ0) is 22.6. The van der Waals surface area contributed by atoms with Crippen LogP contribution in [-0.4, -0.2) is 34.0 Å². The molecule has 6 nitrogen and oxygen atoms in total. The first kappa shape index (κ1) is 22.5. The number of aromatic nitrogens is 2. The van der Waals surface area contributed by atoms with Gasteiger partial charge in [-0.3, -0.25) is 9.59 Å². The lowest BCUT2D eigenvalue weighted by atomic mass is 9.86. The maximum atomic E-state index is 12.5. The molecular formula is C25H32N4O2. The fraction of sp³-hybridized carbons (Fsp3) is 0.400. The topological polar surface area (TPSA) is 76.0 Å². The van der Waals surface area contributed by atoms with Crippen LogP contribution in [0.2, 0.25) is 0 Å². The lowest BCUT2D eigenvalue weighted by Crippen LogP contribution is -2.45. The minimum Gasteiger partial charge on any atom is -0.354 e. The van der Waals surface area contributed by atoms with Gasteiger partial charge < -0.3 is 15.2 Å². The number of para-hydroxylation sites is 2. The van der Waals surface area contributed by atoms with Gasteiger partial charge in [-0.05, 0) is 55.5 Å². The summed E-state index contributed by atoms with van der Waals surface area (Å²) in [6, 6.07) is 15.0. The molecule has 3 aromatic rings. The van der Waals surface area contributed by atoms with Gasteiger partial charge in [-0.1, -0.05) is 45.0 Å². The van der Waals surface area contributed by atoms with Crippen LogP contribution in [0, 0.1) is 6.92 Å². The van der Waals surface area contributed by atoms with Crippen molar-refractivity contribution in [2.75, 3.05) is 6.54 Å². The number of benzene rings is 2. The van der Waals surface area contributed by atoms with Gasteiger partial charge in [-0.2, -0.15) is 0 Å². The van der Waals surface area contributed by atoms with Crippen molar-refractivity contribution in [3.63, 3.8) is 0 Å². The molecule has 0 aliphatic heterocycles. The van der Waals surface area contributed by atoms with Crippen LogP contribution in [0.3, 0.4) is 0 Å². The highest BCUT2D eigenvalue weighted by molar-refractivity contribution is 5.97. The van der Waals surface area contributed by atoms with E-state index in [0.717, 1.165) is 35.4 Å². The SMILES string of the molecule is Cc1nc2ccccc2n1CCCNC(=O)C(C)NC(=O)c1ccc(C(C)(C)C)cc1. The lowest BCUT2D eigenvalue weighted by Gasteiger charge is -2.19. The molecule has 2 amide bonds. The number of rotatable bonds is 7. The van der Waals surface area contributed by atoms with E-state index in [9.17, 15) is 9.59 Å². The lowest BCUT2D eigenvalue weighted by molar-refractivity contribution is -0.122. The van der Waals surface area contributed by atoms with Gasteiger partial charge >= 0.3 is 0 Å². The summed E-state index contributed by atoms with van der Waals surface area (Å²) < 4.78 is 2.16. The molecule has 2 aromatic carbocycles. The summed E-state index contributed by atoms with van der Waals surface area (Å²) in [5.41, 5.74) is 3.83. The molecule has 31 heavy (non-hydrogen) atoms. The number of aryl methyl sites for hydroxylation is 2. The molecule has 0 saturated heterocycles. The summed E-state index contributed by atoms with van der Waals surface area (Å²) >= 11 is 0. The molecule has 1 unspecified atom stereocenters. The van der Waals surface area contributed by atoms with Crippen LogP contribution >= 0.6 is 0 Å². The molecule has 1 atom stereocenters. The third-order valence-corrected chi connectivity index (χ3v) is 5.46. The number of amides is 2. The molecule has 0 aliphatic carbocycles. The highest BCUT2D eigenvalue weighted by Crippen LogP contribution is 2.22. The van der Waals surface area contributed by atoms with Gasteiger partial charge in [0.05, 0.1) is 11.0 Å². The van der Waals surface area contributed by atoms with E-state index in [0.29, 0.717) is 12.1 Å². The predicted molar refractivity (Wildman–Crippen MR) is 124 cm³/mol. The van der Waals surface area contributed by atoms with Crippen LogP contribution in [-0.2, 0) is 16.8 Å². The molecule has 0 fully saturated rings. The second kappa shape index (κ2) is 9.33. The Kier molecular flexibility index (Phi) is 6.78. The Morgan fingerprint density at radius 2 is 1.74 bits per heavy atom. The zero-order valence-corrected chi connectivity index (χ0v) is 19.0. The zero-order valence-electron chi connectivity index (χ0n) is 19.0. The number of fused-ring (bicyclic) bond motifs is 1. The molecule has 6 heteroatoms. The van der Waals surface area contributed by atoms with Gasteiger partial charge in [0.15, 0.2) is 0 Å². The van der Waals surface area contributed by atoms with E-state index in [-0.39, 0.29) is 17.2 Å². The van der Waals surface area contributed by atoms with Crippen LogP contribution in [0.25, 0.3) is 11.0 Å². The van der Waals surface area contributed by atoms with Crippen molar-refractivity contribution in [1.82, 2.24) is 20.2 Å². The number of hydrogen-bond acceptors (Lipinski definition) is 3. The molecule has 164 valence electrons. The third-order valence-electron chi connectivity index (χ3n) is 5.46. The van der Waals surface area contributed by atoms with Crippen molar-refractivity contribution >= 4 is 22.8 Å². The average molecular weight is 421 g/mol. The predicted octanol–water partition coefficient (Wildman–Crippen LogP) is 3.97. The fourth-order valence-electron chi connectivity index (χ4n) is 3.55. The molecule has 0 spiro atoms. The van der Waals surface area contributed by atoms with Gasteiger partial charge in [0.25, 0.3) is 5.91 Å². The minimum absolute atomic E-state index is 0.0315. The smallest absolute Gasteiger partial charge is 0.251 e. The third kappa shape index (κ3) is 5.51. The highest BCUT2D eigenvalue weighted by Gasteiger charge is 2.18. The van der Waals surface area contributed by atoms with Gasteiger partial charge in [-0.25, -0.2) is 4.98 Å². The summed E-state index contributed by atoms with van der Waals surface area (Å²) in [5, 5.41) is 5.69. The number of imidazole rings is 1. The van der Waals surface area contributed by atoms with E-state index >= 15 is 0 Å². The number of hydrogen-bond donors (Lipinski definition) is 2. The van der Waals surface area contributed by atoms with Crippen molar-refractivity contribution in [2.45, 2.75) is 59.0 Å². The number of carbonyl (C=O) groups excluding carboxylic acids is 2. The average Bonchev–Trinajstić information content (AvgIpc) is 3.05. The Bertz CT molecular complexity index is 1060. The summed E-state index contributed by atoms with van der Waals surface area (Å²) in [7, 11) is 0. The standard InChI is InChI=1S/C25H32N4O2/c1-17(27-24(31)19-11-13-20(14-12-19)25(3,4)5)23(30)26-15-8-16-29-18(2)28-21-9-6-7-10-22(21)29/h6-7,9-14,17H,8,15-16H2,1-5H3,(H,26,30)(H,27,31). The van der Waals surface area contributed by atoms with Crippen molar-refractivity contribution in [3.05, 3.63) is 65.5 Å². The molecule has 3 rings (SSSR count). The maximum Gasteiger partial charge on any atom is 0.251 e. The molecule has 2 N–H and O–H groups in total. The Hall–Kier alpha value is -3.15. The van der Waals surface area contributed by atoms with Crippen LogP contribution in [0.15, 0.2) is 48.5 Å². The fourth-order valence-corrected chi connectivity index (χ4v) is 3.55. The first-order valence-electron chi connectivity index (χ1n) is 10.8. The van der Waals surface area contributed by atoms with Crippen LogP contribution in [0.1, 0.15) is 55.9 Å². The van der Waals surface area contributed by atoms with Gasteiger partial charge in [-0.15, -0.1) is 0 Å². The molecule has 0 radical (unpaired) electrons. The number of nitrogens with zero attached hydrogens (tertiary/aromatic N) is 2. The van der Waals surface area contributed by atoms with Crippen LogP contribution in [0.4, 0.5) is 0 Å². The molecule has 0 bridgehead atoms. The summed E-state index contributed by atoms with van der Waals surface area (Å²) in [6.07, 6.45) is 0.780. The summed E-state index contributed by atoms with van der Waals surface area (Å²) in [5.74, 6) is 0.529. The van der Waals surface area contributed by atoms with Crippen molar-refractivity contribution < 1.29 is 9.59 Å². The largest absolute Gasteiger partial charge is 0.354 e. The molecule has 0 saturated carbocycles. The molecule has 1 aromatic heterocycles. The Labute approximate surface area is 184 Å². The summed E-state index contributed by atoms with van der Waals surface area (Å²) in [6.45, 7) is 11.4. The highest BCUT2D eigenvalue weighted by atomic mass is 16.2. The first-order chi connectivity index (χ1) is 14.7. The quantitative estimate of drug-likeness (QED) is 0.568. The molecule has 1 heterocycles. The van der Waals surface area contributed by atoms with Crippen LogP contribution < -0.4 is 10.6 Å².